The number of aryl methyl sites for hydroxylation is 1. The van der Waals surface area contributed by atoms with Gasteiger partial charge in [0.15, 0.2) is 4.90 Å². The van der Waals surface area contributed by atoms with Gasteiger partial charge in [-0.25, -0.2) is 0 Å². The SMILES string of the molecule is Cc1ccc([S+](C)Cc2ccccc2)cc1.[F][Sb-]([F])([F])([F])([F])[F]. The van der Waals surface area contributed by atoms with E-state index in [0.29, 0.717) is 10.9 Å². The number of rotatable bonds is 3. The Hall–Kier alpha value is -0.812. The molecule has 23 heavy (non-hydrogen) atoms. The number of hydrogen-bond acceptors (Lipinski definition) is 0. The Balaban J connectivity index is 0.000000322. The van der Waals surface area contributed by atoms with E-state index in [-0.39, 0.29) is 0 Å². The van der Waals surface area contributed by atoms with Crippen LogP contribution in [0.4, 0.5) is 16.9 Å². The van der Waals surface area contributed by atoms with Gasteiger partial charge >= 0.3 is 36.4 Å². The van der Waals surface area contributed by atoms with Crippen LogP contribution in [0.1, 0.15) is 11.1 Å². The molecule has 0 radical (unpaired) electrons. The first-order valence-corrected chi connectivity index (χ1v) is 14.1. The maximum absolute atomic E-state index is 11.2. The zero-order chi connectivity index (χ0) is 17.8. The first kappa shape index (κ1) is 20.2. The zero-order valence-electron chi connectivity index (χ0n) is 12.5. The van der Waals surface area contributed by atoms with Gasteiger partial charge < -0.3 is 0 Å². The molecule has 0 fully saturated rings. The molecule has 0 saturated heterocycles. The van der Waals surface area contributed by atoms with Crippen molar-refractivity contribution in [3.05, 3.63) is 65.7 Å². The van der Waals surface area contributed by atoms with Crippen LogP contribution in [0.25, 0.3) is 0 Å². The molecule has 0 amide bonds. The van der Waals surface area contributed by atoms with Crippen LogP contribution < -0.4 is 0 Å². The Morgan fingerprint density at radius 1 is 0.783 bits per heavy atom. The third kappa shape index (κ3) is 12.3. The average molecular weight is 465 g/mol. The monoisotopic (exact) mass is 464 g/mol. The molecule has 2 rings (SSSR count). The van der Waals surface area contributed by atoms with Crippen LogP contribution in [0.15, 0.2) is 59.5 Å². The van der Waals surface area contributed by atoms with Gasteiger partial charge in [-0.2, -0.15) is 0 Å². The van der Waals surface area contributed by atoms with Gasteiger partial charge in [0.1, 0.15) is 12.0 Å². The van der Waals surface area contributed by atoms with Crippen molar-refractivity contribution in [2.24, 2.45) is 0 Å². The van der Waals surface area contributed by atoms with E-state index in [1.54, 1.807) is 0 Å². The summed E-state index contributed by atoms with van der Waals surface area (Å²) < 4.78 is 59.6. The first-order valence-electron chi connectivity index (χ1n) is 6.50. The van der Waals surface area contributed by atoms with Crippen LogP contribution in [0.2, 0.25) is 0 Å². The molecule has 0 aromatic heterocycles. The summed E-state index contributed by atoms with van der Waals surface area (Å²) in [6.07, 6.45) is 2.32. The fraction of sp³-hybridized carbons (Fsp3) is 0.200. The summed E-state index contributed by atoms with van der Waals surface area (Å²) in [6, 6.07) is 19.6. The first-order chi connectivity index (χ1) is 10.2. The van der Waals surface area contributed by atoms with Crippen molar-refractivity contribution in [2.75, 3.05) is 6.26 Å². The fourth-order valence-corrected chi connectivity index (χ4v) is 3.14. The normalized spacial score (nSPS) is 15.7. The van der Waals surface area contributed by atoms with E-state index in [9.17, 15) is 16.9 Å². The predicted molar refractivity (Wildman–Crippen MR) is 85.3 cm³/mol. The Morgan fingerprint density at radius 2 is 1.22 bits per heavy atom. The van der Waals surface area contributed by atoms with Crippen molar-refractivity contribution < 1.29 is 16.9 Å². The van der Waals surface area contributed by atoms with E-state index in [1.807, 2.05) is 0 Å². The fourth-order valence-electron chi connectivity index (χ4n) is 1.68. The van der Waals surface area contributed by atoms with Gasteiger partial charge in [-0.05, 0) is 19.1 Å². The minimum absolute atomic E-state index is 0.307. The van der Waals surface area contributed by atoms with Gasteiger partial charge in [0.25, 0.3) is 0 Å². The van der Waals surface area contributed by atoms with Gasteiger partial charge in [-0.1, -0.05) is 48.0 Å². The van der Waals surface area contributed by atoms with E-state index in [2.05, 4.69) is 67.8 Å². The molecule has 0 heterocycles. The standard InChI is InChI=1S/C15H17S.6FH.Sb/c1-13-8-10-15(11-9-13)16(2)12-14-6-4-3-5-7-14;;;;;;;/h3-11H,12H2,1-2H3;6*1H;/q+1;;;;;;;+5/p-6. The third-order valence-corrected chi connectivity index (χ3v) is 4.49. The van der Waals surface area contributed by atoms with E-state index < -0.39 is 19.5 Å². The van der Waals surface area contributed by atoms with Crippen LogP contribution in [-0.2, 0) is 16.6 Å². The maximum atomic E-state index is 9.93. The predicted octanol–water partition coefficient (Wildman–Crippen LogP) is 5.94. The average Bonchev–Trinajstić information content (AvgIpc) is 2.37. The molecule has 130 valence electrons. The van der Waals surface area contributed by atoms with Crippen molar-refractivity contribution in [1.29, 1.82) is 0 Å². The number of hydrogen-bond donors (Lipinski definition) is 0. The molecule has 8 heteroatoms. The third-order valence-electron chi connectivity index (χ3n) is 2.65. The van der Waals surface area contributed by atoms with Gasteiger partial charge in [0.2, 0.25) is 0 Å². The molecule has 0 N–H and O–H groups in total. The summed E-state index contributed by atoms with van der Waals surface area (Å²) in [7, 11) is 0.307. The van der Waals surface area contributed by atoms with E-state index >= 15 is 0 Å². The minimum atomic E-state index is -11.2. The molecule has 0 bridgehead atoms. The summed E-state index contributed by atoms with van der Waals surface area (Å²) in [6.45, 7) is 2.13. The molecule has 0 spiro atoms. The van der Waals surface area contributed by atoms with Crippen molar-refractivity contribution in [1.82, 2.24) is 0 Å². The van der Waals surface area contributed by atoms with E-state index in [4.69, 9.17) is 0 Å². The molecule has 2 aromatic rings. The molecular weight excluding hydrogens is 448 g/mol. The zero-order valence-corrected chi connectivity index (χ0v) is 15.9. The molecule has 1 atom stereocenters. The summed E-state index contributed by atoms with van der Waals surface area (Å²) in [5.74, 6) is 1.14. The van der Waals surface area contributed by atoms with Crippen molar-refractivity contribution in [2.45, 2.75) is 17.6 Å². The van der Waals surface area contributed by atoms with Crippen molar-refractivity contribution >= 4 is 30.4 Å². The van der Waals surface area contributed by atoms with E-state index in [0.717, 1.165) is 5.75 Å². The van der Waals surface area contributed by atoms with Crippen LogP contribution in [0, 0.1) is 6.92 Å². The van der Waals surface area contributed by atoms with Gasteiger partial charge in [0.05, 0.1) is 0 Å². The molecule has 0 aliphatic heterocycles. The number of benzene rings is 2. The van der Waals surface area contributed by atoms with Crippen molar-refractivity contribution in [3.63, 3.8) is 0 Å². The summed E-state index contributed by atoms with van der Waals surface area (Å²) in [5.41, 5.74) is 2.76. The second kappa shape index (κ2) is 6.59. The second-order valence-corrected chi connectivity index (χ2v) is 12.5. The topological polar surface area (TPSA) is 0 Å². The van der Waals surface area contributed by atoms with Gasteiger partial charge in [-0.3, -0.25) is 0 Å². The van der Waals surface area contributed by atoms with E-state index in [1.165, 1.54) is 16.0 Å². The Bertz CT molecular complexity index is 611. The molecule has 1 unspecified atom stereocenters. The van der Waals surface area contributed by atoms with Crippen LogP contribution in [-0.4, -0.2) is 25.7 Å². The second-order valence-electron chi connectivity index (χ2n) is 5.04. The molecule has 0 saturated carbocycles. The molecule has 2 aromatic carbocycles. The summed E-state index contributed by atoms with van der Waals surface area (Å²) in [5, 5.41) is 0. The summed E-state index contributed by atoms with van der Waals surface area (Å²) >= 11 is -11.2. The van der Waals surface area contributed by atoms with Gasteiger partial charge in [0, 0.05) is 16.5 Å². The van der Waals surface area contributed by atoms with Crippen LogP contribution in [0.5, 0.6) is 0 Å². The Labute approximate surface area is 136 Å². The number of halogens is 6. The van der Waals surface area contributed by atoms with Crippen LogP contribution in [0.3, 0.4) is 0 Å². The van der Waals surface area contributed by atoms with Crippen molar-refractivity contribution in [3.8, 4) is 0 Å². The van der Waals surface area contributed by atoms with Gasteiger partial charge in [-0.15, -0.1) is 0 Å². The molecular formula is C15H17F6SSb. The summed E-state index contributed by atoms with van der Waals surface area (Å²) in [4.78, 5) is 1.45. The molecule has 0 aliphatic rings. The quantitative estimate of drug-likeness (QED) is 0.299. The molecule has 0 nitrogen and oxygen atoms in total. The Morgan fingerprint density at radius 3 is 1.65 bits per heavy atom. The molecule has 0 aliphatic carbocycles. The van der Waals surface area contributed by atoms with Crippen LogP contribution >= 0.6 is 0 Å². The Kier molecular flexibility index (Phi) is 5.80.